The van der Waals surface area contributed by atoms with E-state index in [1.165, 1.54) is 6.08 Å². The predicted molar refractivity (Wildman–Crippen MR) is 79.9 cm³/mol. The van der Waals surface area contributed by atoms with Gasteiger partial charge < -0.3 is 9.84 Å². The Kier molecular flexibility index (Phi) is 4.53. The number of hydrogen-bond donors (Lipinski definition) is 1. The van der Waals surface area contributed by atoms with E-state index in [4.69, 9.17) is 9.84 Å². The van der Waals surface area contributed by atoms with E-state index in [-0.39, 0.29) is 0 Å². The molecule has 1 aromatic carbocycles. The minimum absolute atomic E-state index is 0.496. The minimum Gasteiger partial charge on any atom is -0.478 e. The number of ether oxygens (including phenoxy) is 1. The number of aromatic nitrogens is 1. The Bertz CT molecular complexity index is 668. The fourth-order valence-electron chi connectivity index (χ4n) is 1.59. The zero-order valence-electron chi connectivity index (χ0n) is 10.7. The lowest BCUT2D eigenvalue weighted by Crippen LogP contribution is -1.92. The van der Waals surface area contributed by atoms with Crippen molar-refractivity contribution in [3.8, 4) is 11.6 Å². The molecule has 4 nitrogen and oxygen atoms in total. The summed E-state index contributed by atoms with van der Waals surface area (Å²) in [6, 6.07) is 9.29. The molecule has 0 amide bonds. The number of carboxylic acid groups (broad SMARTS) is 1. The molecule has 2 aromatic rings. The van der Waals surface area contributed by atoms with Crippen molar-refractivity contribution in [1.82, 2.24) is 4.98 Å². The molecule has 0 saturated heterocycles. The molecule has 1 N–H and O–H groups in total. The average molecular weight is 334 g/mol. The van der Waals surface area contributed by atoms with Gasteiger partial charge in [0.1, 0.15) is 5.75 Å². The summed E-state index contributed by atoms with van der Waals surface area (Å²) in [4.78, 5) is 14.7. The van der Waals surface area contributed by atoms with Crippen molar-refractivity contribution in [2.24, 2.45) is 0 Å². The first-order valence-electron chi connectivity index (χ1n) is 5.85. The van der Waals surface area contributed by atoms with Gasteiger partial charge in [-0.25, -0.2) is 9.78 Å². The van der Waals surface area contributed by atoms with E-state index in [0.29, 0.717) is 17.2 Å². The van der Waals surface area contributed by atoms with Gasteiger partial charge in [-0.15, -0.1) is 0 Å². The summed E-state index contributed by atoms with van der Waals surface area (Å²) >= 11 is 3.37. The van der Waals surface area contributed by atoms with Crippen LogP contribution in [0.5, 0.6) is 11.6 Å². The molecular formula is C15H12BrNO3. The smallest absolute Gasteiger partial charge is 0.328 e. The van der Waals surface area contributed by atoms with E-state index >= 15 is 0 Å². The van der Waals surface area contributed by atoms with Gasteiger partial charge in [-0.3, -0.25) is 0 Å². The van der Waals surface area contributed by atoms with Crippen molar-refractivity contribution >= 4 is 28.0 Å². The van der Waals surface area contributed by atoms with Crippen LogP contribution in [0.1, 0.15) is 11.1 Å². The van der Waals surface area contributed by atoms with Gasteiger partial charge in [-0.2, -0.15) is 0 Å². The van der Waals surface area contributed by atoms with Crippen LogP contribution in [0, 0.1) is 6.92 Å². The first-order chi connectivity index (χ1) is 9.54. The summed E-state index contributed by atoms with van der Waals surface area (Å²) in [6.45, 7) is 1.86. The second-order valence-corrected chi connectivity index (χ2v) is 5.04. The second-order valence-electron chi connectivity index (χ2n) is 4.12. The molecule has 1 aromatic heterocycles. The quantitative estimate of drug-likeness (QED) is 0.857. The highest BCUT2D eigenvalue weighted by Gasteiger charge is 2.04. The van der Waals surface area contributed by atoms with Gasteiger partial charge in [0.05, 0.1) is 0 Å². The summed E-state index contributed by atoms with van der Waals surface area (Å²) in [5.74, 6) is 0.191. The number of aliphatic carboxylic acids is 1. The molecule has 0 unspecified atom stereocenters. The topological polar surface area (TPSA) is 59.4 Å². The van der Waals surface area contributed by atoms with Gasteiger partial charge in [0.15, 0.2) is 0 Å². The van der Waals surface area contributed by atoms with Crippen LogP contribution in [0.2, 0.25) is 0 Å². The Labute approximate surface area is 124 Å². The van der Waals surface area contributed by atoms with Crippen LogP contribution in [0.15, 0.2) is 47.1 Å². The van der Waals surface area contributed by atoms with Gasteiger partial charge in [0.25, 0.3) is 0 Å². The standard InChI is InChI=1S/C15H12BrNO3/c1-10-7-11(5-6-14(18)19)9-17-15(10)20-13-4-2-3-12(16)8-13/h2-9H,1H3,(H,18,19)/b6-5+. The molecular weight excluding hydrogens is 322 g/mol. The molecule has 0 aliphatic rings. The number of hydrogen-bond acceptors (Lipinski definition) is 3. The molecule has 0 radical (unpaired) electrons. The normalized spacial score (nSPS) is 10.7. The Morgan fingerprint density at radius 3 is 2.85 bits per heavy atom. The molecule has 2 rings (SSSR count). The molecule has 0 aliphatic heterocycles. The number of nitrogens with zero attached hydrogens (tertiary/aromatic N) is 1. The Hall–Kier alpha value is -2.14. The molecule has 1 heterocycles. The van der Waals surface area contributed by atoms with E-state index in [9.17, 15) is 4.79 Å². The van der Waals surface area contributed by atoms with Crippen molar-refractivity contribution in [1.29, 1.82) is 0 Å². The third-order valence-corrected chi connectivity index (χ3v) is 2.97. The summed E-state index contributed by atoms with van der Waals surface area (Å²) in [7, 11) is 0. The fraction of sp³-hybridized carbons (Fsp3) is 0.0667. The number of pyridine rings is 1. The van der Waals surface area contributed by atoms with Gasteiger partial charge in [0.2, 0.25) is 5.88 Å². The maximum absolute atomic E-state index is 10.5. The summed E-state index contributed by atoms with van der Waals surface area (Å²) in [5, 5.41) is 8.58. The number of halogens is 1. The van der Waals surface area contributed by atoms with Gasteiger partial charge in [-0.1, -0.05) is 22.0 Å². The van der Waals surface area contributed by atoms with Gasteiger partial charge >= 0.3 is 5.97 Å². The number of aryl methyl sites for hydroxylation is 1. The lowest BCUT2D eigenvalue weighted by Gasteiger charge is -2.08. The fourth-order valence-corrected chi connectivity index (χ4v) is 1.97. The van der Waals surface area contributed by atoms with Crippen molar-refractivity contribution in [3.05, 3.63) is 58.2 Å². The van der Waals surface area contributed by atoms with E-state index in [1.54, 1.807) is 6.20 Å². The molecule has 0 bridgehead atoms. The highest BCUT2D eigenvalue weighted by molar-refractivity contribution is 9.10. The SMILES string of the molecule is Cc1cc(/C=C/C(=O)O)cnc1Oc1cccc(Br)c1. The predicted octanol–water partition coefficient (Wildman–Crippen LogP) is 4.04. The number of benzene rings is 1. The van der Waals surface area contributed by atoms with E-state index in [0.717, 1.165) is 16.1 Å². The molecule has 0 fully saturated rings. The largest absolute Gasteiger partial charge is 0.478 e. The monoisotopic (exact) mass is 333 g/mol. The molecule has 0 saturated carbocycles. The first kappa shape index (κ1) is 14.3. The minimum atomic E-state index is -0.989. The van der Waals surface area contributed by atoms with E-state index in [2.05, 4.69) is 20.9 Å². The third-order valence-electron chi connectivity index (χ3n) is 2.48. The number of carboxylic acids is 1. The van der Waals surface area contributed by atoms with Crippen LogP contribution in [-0.4, -0.2) is 16.1 Å². The molecule has 0 atom stereocenters. The highest BCUT2D eigenvalue weighted by Crippen LogP contribution is 2.25. The summed E-state index contributed by atoms with van der Waals surface area (Å²) < 4.78 is 6.61. The Balaban J connectivity index is 2.20. The maximum Gasteiger partial charge on any atom is 0.328 e. The van der Waals surface area contributed by atoms with Crippen LogP contribution >= 0.6 is 15.9 Å². The third kappa shape index (κ3) is 3.93. The molecule has 102 valence electrons. The van der Waals surface area contributed by atoms with Gasteiger partial charge in [0, 0.05) is 22.3 Å². The Morgan fingerprint density at radius 1 is 1.40 bits per heavy atom. The summed E-state index contributed by atoms with van der Waals surface area (Å²) in [5.41, 5.74) is 1.55. The molecule has 20 heavy (non-hydrogen) atoms. The number of carbonyl (C=O) groups is 1. The Morgan fingerprint density at radius 2 is 2.20 bits per heavy atom. The lowest BCUT2D eigenvalue weighted by atomic mass is 10.2. The van der Waals surface area contributed by atoms with Crippen LogP contribution in [0.25, 0.3) is 6.08 Å². The van der Waals surface area contributed by atoms with Crippen molar-refractivity contribution in [3.63, 3.8) is 0 Å². The van der Waals surface area contributed by atoms with Crippen molar-refractivity contribution in [2.45, 2.75) is 6.92 Å². The van der Waals surface area contributed by atoms with Crippen LogP contribution in [0.3, 0.4) is 0 Å². The second kappa shape index (κ2) is 6.34. The van der Waals surface area contributed by atoms with Crippen molar-refractivity contribution in [2.75, 3.05) is 0 Å². The molecule has 0 spiro atoms. The van der Waals surface area contributed by atoms with Crippen LogP contribution in [0.4, 0.5) is 0 Å². The van der Waals surface area contributed by atoms with E-state index in [1.807, 2.05) is 37.3 Å². The summed E-state index contributed by atoms with van der Waals surface area (Å²) in [6.07, 6.45) is 4.14. The zero-order chi connectivity index (χ0) is 14.5. The van der Waals surface area contributed by atoms with Crippen LogP contribution < -0.4 is 4.74 Å². The van der Waals surface area contributed by atoms with Crippen molar-refractivity contribution < 1.29 is 14.6 Å². The van der Waals surface area contributed by atoms with Crippen LogP contribution in [-0.2, 0) is 4.79 Å². The first-order valence-corrected chi connectivity index (χ1v) is 6.65. The van der Waals surface area contributed by atoms with E-state index < -0.39 is 5.97 Å². The lowest BCUT2D eigenvalue weighted by molar-refractivity contribution is -0.131. The zero-order valence-corrected chi connectivity index (χ0v) is 12.3. The molecule has 5 heteroatoms. The van der Waals surface area contributed by atoms with Gasteiger partial charge in [-0.05, 0) is 42.8 Å². The molecule has 0 aliphatic carbocycles. The number of rotatable bonds is 4. The highest BCUT2D eigenvalue weighted by atomic mass is 79.9. The average Bonchev–Trinajstić information content (AvgIpc) is 2.39. The maximum atomic E-state index is 10.5.